The molecule has 19 heavy (non-hydrogen) atoms. The highest BCUT2D eigenvalue weighted by molar-refractivity contribution is 5.92. The first kappa shape index (κ1) is 13.8. The van der Waals surface area contributed by atoms with Crippen LogP contribution in [-0.2, 0) is 0 Å². The van der Waals surface area contributed by atoms with Gasteiger partial charge < -0.3 is 10.6 Å². The summed E-state index contributed by atoms with van der Waals surface area (Å²) in [6.07, 6.45) is 8.49. The minimum absolute atomic E-state index is 0.0890. The summed E-state index contributed by atoms with van der Waals surface area (Å²) in [7, 11) is 0. The van der Waals surface area contributed by atoms with Gasteiger partial charge in [-0.05, 0) is 25.3 Å². The number of carbonyl (C=O) groups is 1. The van der Waals surface area contributed by atoms with Gasteiger partial charge >= 0.3 is 0 Å². The molecule has 0 radical (unpaired) electrons. The van der Waals surface area contributed by atoms with Gasteiger partial charge in [-0.3, -0.25) is 4.79 Å². The van der Waals surface area contributed by atoms with Crippen molar-refractivity contribution in [1.82, 2.24) is 15.3 Å². The Morgan fingerprint density at radius 3 is 2.89 bits per heavy atom. The maximum absolute atomic E-state index is 12.1. The van der Waals surface area contributed by atoms with Crippen LogP contribution < -0.4 is 10.6 Å². The monoisotopic (exact) mass is 262 g/mol. The zero-order valence-corrected chi connectivity index (χ0v) is 11.5. The first-order valence-corrected chi connectivity index (χ1v) is 7.17. The van der Waals surface area contributed by atoms with Crippen LogP contribution in [0.4, 0.5) is 5.95 Å². The number of aromatic nitrogens is 2. The van der Waals surface area contributed by atoms with E-state index in [1.807, 2.05) is 0 Å². The second kappa shape index (κ2) is 7.07. The molecule has 0 aliphatic heterocycles. The molecule has 2 rings (SSSR count). The van der Waals surface area contributed by atoms with E-state index < -0.39 is 0 Å². The number of nitrogens with one attached hydrogen (secondary N) is 2. The number of amides is 1. The van der Waals surface area contributed by atoms with Crippen LogP contribution >= 0.6 is 0 Å². The standard InChI is InChI=1S/C14H22N4O/c1-2-9-15-14-16-10-8-12(18-14)13(19)17-11-6-4-3-5-7-11/h8,10-11H,2-7,9H2,1H3,(H,17,19)(H,15,16,18). The fourth-order valence-electron chi connectivity index (χ4n) is 2.31. The van der Waals surface area contributed by atoms with E-state index in [9.17, 15) is 4.79 Å². The molecule has 0 bridgehead atoms. The molecule has 0 saturated heterocycles. The molecule has 1 amide bonds. The van der Waals surface area contributed by atoms with Crippen molar-refractivity contribution in [2.24, 2.45) is 0 Å². The third kappa shape index (κ3) is 4.19. The molecular formula is C14H22N4O. The molecule has 104 valence electrons. The van der Waals surface area contributed by atoms with Gasteiger partial charge in [0.15, 0.2) is 0 Å². The van der Waals surface area contributed by atoms with Crippen molar-refractivity contribution >= 4 is 11.9 Å². The Balaban J connectivity index is 1.93. The third-order valence-corrected chi connectivity index (χ3v) is 3.36. The first-order chi connectivity index (χ1) is 9.29. The molecule has 0 unspecified atom stereocenters. The van der Waals surface area contributed by atoms with Crippen LogP contribution in [0.1, 0.15) is 55.9 Å². The summed E-state index contributed by atoms with van der Waals surface area (Å²) >= 11 is 0. The van der Waals surface area contributed by atoms with Crippen LogP contribution in [-0.4, -0.2) is 28.5 Å². The van der Waals surface area contributed by atoms with Crippen LogP contribution in [0.15, 0.2) is 12.3 Å². The Labute approximate surface area is 114 Å². The molecule has 1 aromatic rings. The topological polar surface area (TPSA) is 66.9 Å². The lowest BCUT2D eigenvalue weighted by Gasteiger charge is -2.22. The van der Waals surface area contributed by atoms with Gasteiger partial charge in [0.1, 0.15) is 5.69 Å². The van der Waals surface area contributed by atoms with E-state index in [4.69, 9.17) is 0 Å². The van der Waals surface area contributed by atoms with E-state index in [0.717, 1.165) is 25.8 Å². The lowest BCUT2D eigenvalue weighted by molar-refractivity contribution is 0.0922. The van der Waals surface area contributed by atoms with Crippen molar-refractivity contribution in [3.63, 3.8) is 0 Å². The van der Waals surface area contributed by atoms with Crippen molar-refractivity contribution in [3.05, 3.63) is 18.0 Å². The maximum Gasteiger partial charge on any atom is 0.270 e. The Hall–Kier alpha value is -1.65. The van der Waals surface area contributed by atoms with E-state index in [1.165, 1.54) is 19.3 Å². The van der Waals surface area contributed by atoms with Gasteiger partial charge in [-0.1, -0.05) is 26.2 Å². The Morgan fingerprint density at radius 1 is 1.37 bits per heavy atom. The molecule has 2 N–H and O–H groups in total. The molecule has 1 aromatic heterocycles. The molecule has 1 fully saturated rings. The SMILES string of the molecule is CCCNc1nccc(C(=O)NC2CCCCC2)n1. The van der Waals surface area contributed by atoms with E-state index >= 15 is 0 Å². The predicted octanol–water partition coefficient (Wildman–Crippen LogP) is 2.36. The number of anilines is 1. The van der Waals surface area contributed by atoms with Crippen molar-refractivity contribution in [2.75, 3.05) is 11.9 Å². The van der Waals surface area contributed by atoms with Crippen LogP contribution in [0.5, 0.6) is 0 Å². The van der Waals surface area contributed by atoms with Gasteiger partial charge in [0.05, 0.1) is 0 Å². The summed E-state index contributed by atoms with van der Waals surface area (Å²) in [5, 5.41) is 6.15. The van der Waals surface area contributed by atoms with E-state index in [-0.39, 0.29) is 5.91 Å². The minimum atomic E-state index is -0.0890. The molecule has 0 aromatic carbocycles. The average Bonchev–Trinajstić information content (AvgIpc) is 2.46. The van der Waals surface area contributed by atoms with Gasteiger partial charge in [0.2, 0.25) is 5.95 Å². The zero-order chi connectivity index (χ0) is 13.5. The summed E-state index contributed by atoms with van der Waals surface area (Å²) < 4.78 is 0. The molecule has 1 aliphatic carbocycles. The lowest BCUT2D eigenvalue weighted by Crippen LogP contribution is -2.36. The Morgan fingerprint density at radius 2 is 2.16 bits per heavy atom. The average molecular weight is 262 g/mol. The second-order valence-corrected chi connectivity index (χ2v) is 5.00. The summed E-state index contributed by atoms with van der Waals surface area (Å²) in [6, 6.07) is 1.97. The van der Waals surface area contributed by atoms with Crippen molar-refractivity contribution in [2.45, 2.75) is 51.5 Å². The van der Waals surface area contributed by atoms with Crippen LogP contribution in [0.2, 0.25) is 0 Å². The molecular weight excluding hydrogens is 240 g/mol. The van der Waals surface area contributed by atoms with Gasteiger partial charge in [-0.15, -0.1) is 0 Å². The van der Waals surface area contributed by atoms with Gasteiger partial charge in [-0.25, -0.2) is 9.97 Å². The van der Waals surface area contributed by atoms with Gasteiger partial charge in [-0.2, -0.15) is 0 Å². The van der Waals surface area contributed by atoms with Crippen LogP contribution in [0, 0.1) is 0 Å². The number of rotatable bonds is 5. The van der Waals surface area contributed by atoms with Gasteiger partial charge in [0, 0.05) is 18.8 Å². The van der Waals surface area contributed by atoms with E-state index in [2.05, 4.69) is 27.5 Å². The number of carbonyl (C=O) groups excluding carboxylic acids is 1. The molecule has 0 spiro atoms. The highest BCUT2D eigenvalue weighted by Gasteiger charge is 2.17. The predicted molar refractivity (Wildman–Crippen MR) is 75.2 cm³/mol. The fourth-order valence-corrected chi connectivity index (χ4v) is 2.31. The van der Waals surface area contributed by atoms with Crippen LogP contribution in [0.3, 0.4) is 0 Å². The van der Waals surface area contributed by atoms with Crippen LogP contribution in [0.25, 0.3) is 0 Å². The highest BCUT2D eigenvalue weighted by Crippen LogP contribution is 2.17. The number of hydrogen-bond acceptors (Lipinski definition) is 4. The lowest BCUT2D eigenvalue weighted by atomic mass is 9.95. The zero-order valence-electron chi connectivity index (χ0n) is 11.5. The maximum atomic E-state index is 12.1. The third-order valence-electron chi connectivity index (χ3n) is 3.36. The quantitative estimate of drug-likeness (QED) is 0.855. The molecule has 1 heterocycles. The summed E-state index contributed by atoms with van der Waals surface area (Å²) in [6.45, 7) is 2.89. The number of nitrogens with zero attached hydrogens (tertiary/aromatic N) is 2. The normalized spacial score (nSPS) is 16.1. The van der Waals surface area contributed by atoms with E-state index in [1.54, 1.807) is 12.3 Å². The molecule has 0 atom stereocenters. The van der Waals surface area contributed by atoms with E-state index in [0.29, 0.717) is 17.7 Å². The summed E-state index contributed by atoms with van der Waals surface area (Å²) in [5.41, 5.74) is 0.444. The number of hydrogen-bond donors (Lipinski definition) is 2. The summed E-state index contributed by atoms with van der Waals surface area (Å²) in [4.78, 5) is 20.5. The highest BCUT2D eigenvalue weighted by atomic mass is 16.1. The fraction of sp³-hybridized carbons (Fsp3) is 0.643. The molecule has 5 heteroatoms. The van der Waals surface area contributed by atoms with Crippen molar-refractivity contribution < 1.29 is 4.79 Å². The van der Waals surface area contributed by atoms with Crippen molar-refractivity contribution in [1.29, 1.82) is 0 Å². The first-order valence-electron chi connectivity index (χ1n) is 7.17. The van der Waals surface area contributed by atoms with Crippen molar-refractivity contribution in [3.8, 4) is 0 Å². The molecule has 1 aliphatic rings. The Bertz CT molecular complexity index is 416. The smallest absolute Gasteiger partial charge is 0.270 e. The summed E-state index contributed by atoms with van der Waals surface area (Å²) in [5.74, 6) is 0.437. The molecule has 1 saturated carbocycles. The van der Waals surface area contributed by atoms with Gasteiger partial charge in [0.25, 0.3) is 5.91 Å². The molecule has 5 nitrogen and oxygen atoms in total. The largest absolute Gasteiger partial charge is 0.354 e. The Kier molecular flexibility index (Phi) is 5.12. The minimum Gasteiger partial charge on any atom is -0.354 e. The second-order valence-electron chi connectivity index (χ2n) is 5.00.